The maximum Gasteiger partial charge on any atom is 0.170 e. The number of nitrogens with one attached hydrogen (secondary N) is 1. The normalized spacial score (nSPS) is 10.5. The van der Waals surface area contributed by atoms with Crippen LogP contribution in [0.3, 0.4) is 0 Å². The third kappa shape index (κ3) is 1.98. The molecule has 0 aliphatic rings. The average Bonchev–Trinajstić information content (AvgIpc) is 2.67. The van der Waals surface area contributed by atoms with Crippen molar-refractivity contribution in [2.75, 3.05) is 7.05 Å². The summed E-state index contributed by atoms with van der Waals surface area (Å²) in [5.74, 6) is 0.727. The molecule has 0 spiro atoms. The van der Waals surface area contributed by atoms with Crippen LogP contribution in [0.5, 0.6) is 0 Å². The number of hydrogen-bond acceptors (Lipinski definition) is 4. The molecule has 15 heavy (non-hydrogen) atoms. The van der Waals surface area contributed by atoms with Crippen LogP contribution >= 0.6 is 11.6 Å². The molecule has 0 radical (unpaired) electrons. The molecule has 0 bridgehead atoms. The highest BCUT2D eigenvalue weighted by Crippen LogP contribution is 2.19. The van der Waals surface area contributed by atoms with Crippen molar-refractivity contribution in [3.8, 4) is 5.69 Å². The number of benzene rings is 1. The molecule has 0 aliphatic heterocycles. The summed E-state index contributed by atoms with van der Waals surface area (Å²) in [6.07, 6.45) is 0. The van der Waals surface area contributed by atoms with E-state index in [1.807, 2.05) is 31.3 Å². The zero-order valence-electron chi connectivity index (χ0n) is 8.18. The zero-order chi connectivity index (χ0) is 10.7. The molecule has 0 saturated carbocycles. The molecule has 0 atom stereocenters. The summed E-state index contributed by atoms with van der Waals surface area (Å²) >= 11 is 6.05. The van der Waals surface area contributed by atoms with Crippen LogP contribution in [0.15, 0.2) is 24.3 Å². The standard InChI is InChI=1S/C9H10ClN5/c1-11-6-9-12-13-14-15(9)8-5-3-2-4-7(8)10/h2-5,11H,6H2,1H3. The molecule has 0 unspecified atom stereocenters. The van der Waals surface area contributed by atoms with Crippen LogP contribution in [-0.4, -0.2) is 27.3 Å². The van der Waals surface area contributed by atoms with Crippen molar-refractivity contribution in [1.82, 2.24) is 25.5 Å². The van der Waals surface area contributed by atoms with Crippen molar-refractivity contribution < 1.29 is 0 Å². The topological polar surface area (TPSA) is 55.6 Å². The number of aromatic nitrogens is 4. The van der Waals surface area contributed by atoms with Crippen molar-refractivity contribution in [3.63, 3.8) is 0 Å². The van der Waals surface area contributed by atoms with E-state index in [0.29, 0.717) is 11.6 Å². The van der Waals surface area contributed by atoms with Crippen molar-refractivity contribution in [2.45, 2.75) is 6.54 Å². The predicted octanol–water partition coefficient (Wildman–Crippen LogP) is 1.04. The molecule has 2 aromatic rings. The highest BCUT2D eigenvalue weighted by atomic mass is 35.5. The Kier molecular flexibility index (Phi) is 2.94. The molecular weight excluding hydrogens is 214 g/mol. The van der Waals surface area contributed by atoms with E-state index in [-0.39, 0.29) is 0 Å². The van der Waals surface area contributed by atoms with Gasteiger partial charge in [-0.3, -0.25) is 0 Å². The molecule has 1 heterocycles. The second-order valence-corrected chi connectivity index (χ2v) is 3.40. The lowest BCUT2D eigenvalue weighted by Gasteiger charge is -2.05. The smallest absolute Gasteiger partial charge is 0.170 e. The summed E-state index contributed by atoms with van der Waals surface area (Å²) in [6, 6.07) is 7.44. The van der Waals surface area contributed by atoms with Crippen molar-refractivity contribution in [1.29, 1.82) is 0 Å². The second kappa shape index (κ2) is 4.37. The van der Waals surface area contributed by atoms with Gasteiger partial charge < -0.3 is 5.32 Å². The van der Waals surface area contributed by atoms with Gasteiger partial charge in [-0.15, -0.1) is 5.10 Å². The molecule has 1 aromatic carbocycles. The van der Waals surface area contributed by atoms with Crippen LogP contribution in [-0.2, 0) is 6.54 Å². The highest BCUT2D eigenvalue weighted by molar-refractivity contribution is 6.32. The molecule has 78 valence electrons. The van der Waals surface area contributed by atoms with Gasteiger partial charge >= 0.3 is 0 Å². The van der Waals surface area contributed by atoms with Gasteiger partial charge in [0.05, 0.1) is 17.3 Å². The summed E-state index contributed by atoms with van der Waals surface area (Å²) in [5.41, 5.74) is 0.786. The number of halogens is 1. The Balaban J connectivity index is 2.45. The second-order valence-electron chi connectivity index (χ2n) is 2.99. The molecule has 0 amide bonds. The maximum absolute atomic E-state index is 6.05. The summed E-state index contributed by atoms with van der Waals surface area (Å²) in [6.45, 7) is 0.595. The van der Waals surface area contributed by atoms with E-state index in [1.54, 1.807) is 4.68 Å². The Morgan fingerprint density at radius 1 is 1.40 bits per heavy atom. The number of rotatable bonds is 3. The van der Waals surface area contributed by atoms with Crippen molar-refractivity contribution >= 4 is 11.6 Å². The first-order valence-corrected chi connectivity index (χ1v) is 4.87. The zero-order valence-corrected chi connectivity index (χ0v) is 8.94. The minimum absolute atomic E-state index is 0.595. The van der Waals surface area contributed by atoms with Gasteiger partial charge in [-0.25, -0.2) is 0 Å². The number of para-hydroxylation sites is 1. The minimum atomic E-state index is 0.595. The van der Waals surface area contributed by atoms with E-state index >= 15 is 0 Å². The van der Waals surface area contributed by atoms with Crippen LogP contribution < -0.4 is 5.32 Å². The molecule has 0 saturated heterocycles. The molecule has 0 aliphatic carbocycles. The van der Waals surface area contributed by atoms with Gasteiger partial charge in [-0.2, -0.15) is 4.68 Å². The fourth-order valence-corrected chi connectivity index (χ4v) is 1.50. The molecule has 1 N–H and O–H groups in total. The lowest BCUT2D eigenvalue weighted by molar-refractivity contribution is 0.709. The molecule has 2 rings (SSSR count). The lowest BCUT2D eigenvalue weighted by Crippen LogP contribution is -2.12. The fraction of sp³-hybridized carbons (Fsp3) is 0.222. The van der Waals surface area contributed by atoms with E-state index in [0.717, 1.165) is 11.5 Å². The van der Waals surface area contributed by atoms with E-state index < -0.39 is 0 Å². The first-order valence-electron chi connectivity index (χ1n) is 4.49. The van der Waals surface area contributed by atoms with Gasteiger partial charge in [0.1, 0.15) is 0 Å². The average molecular weight is 224 g/mol. The summed E-state index contributed by atoms with van der Waals surface area (Å²) in [7, 11) is 1.84. The first kappa shape index (κ1) is 10.1. The highest BCUT2D eigenvalue weighted by Gasteiger charge is 2.09. The molecule has 1 aromatic heterocycles. The Labute approximate surface area is 92.1 Å². The van der Waals surface area contributed by atoms with Crippen LogP contribution in [0, 0.1) is 0 Å². The quantitative estimate of drug-likeness (QED) is 0.845. The first-order chi connectivity index (χ1) is 7.33. The lowest BCUT2D eigenvalue weighted by atomic mass is 10.3. The number of tetrazole rings is 1. The van der Waals surface area contributed by atoms with Crippen molar-refractivity contribution in [2.24, 2.45) is 0 Å². The maximum atomic E-state index is 6.05. The van der Waals surface area contributed by atoms with Crippen LogP contribution in [0.25, 0.3) is 5.69 Å². The monoisotopic (exact) mass is 223 g/mol. The van der Waals surface area contributed by atoms with Crippen LogP contribution in [0.4, 0.5) is 0 Å². The summed E-state index contributed by atoms with van der Waals surface area (Å²) < 4.78 is 1.62. The third-order valence-corrected chi connectivity index (χ3v) is 2.27. The Morgan fingerprint density at radius 2 is 2.20 bits per heavy atom. The van der Waals surface area contributed by atoms with Gasteiger partial charge in [0.15, 0.2) is 5.82 Å². The number of hydrogen-bond donors (Lipinski definition) is 1. The minimum Gasteiger partial charge on any atom is -0.313 e. The molecule has 6 heteroatoms. The summed E-state index contributed by atoms with van der Waals surface area (Å²) in [4.78, 5) is 0. The molecule has 5 nitrogen and oxygen atoms in total. The fourth-order valence-electron chi connectivity index (χ4n) is 1.28. The van der Waals surface area contributed by atoms with Gasteiger partial charge in [-0.05, 0) is 29.6 Å². The van der Waals surface area contributed by atoms with Crippen molar-refractivity contribution in [3.05, 3.63) is 35.1 Å². The van der Waals surface area contributed by atoms with E-state index in [4.69, 9.17) is 11.6 Å². The SMILES string of the molecule is CNCc1nnnn1-c1ccccc1Cl. The van der Waals surface area contributed by atoms with Gasteiger partial charge in [0, 0.05) is 0 Å². The van der Waals surface area contributed by atoms with Crippen LogP contribution in [0.1, 0.15) is 5.82 Å². The number of nitrogens with zero attached hydrogens (tertiary/aromatic N) is 4. The van der Waals surface area contributed by atoms with Gasteiger partial charge in [0.2, 0.25) is 0 Å². The molecular formula is C9H10ClN5. The van der Waals surface area contributed by atoms with E-state index in [9.17, 15) is 0 Å². The summed E-state index contributed by atoms with van der Waals surface area (Å²) in [5, 5.41) is 15.0. The van der Waals surface area contributed by atoms with Gasteiger partial charge in [0.25, 0.3) is 0 Å². The van der Waals surface area contributed by atoms with E-state index in [2.05, 4.69) is 20.8 Å². The van der Waals surface area contributed by atoms with E-state index in [1.165, 1.54) is 0 Å². The third-order valence-electron chi connectivity index (χ3n) is 1.95. The Bertz CT molecular complexity index is 453. The Hall–Kier alpha value is -1.46. The molecule has 0 fully saturated rings. The largest absolute Gasteiger partial charge is 0.313 e. The Morgan fingerprint density at radius 3 is 2.93 bits per heavy atom. The predicted molar refractivity (Wildman–Crippen MR) is 56.9 cm³/mol. The van der Waals surface area contributed by atoms with Crippen LogP contribution in [0.2, 0.25) is 5.02 Å². The van der Waals surface area contributed by atoms with Gasteiger partial charge in [-0.1, -0.05) is 23.7 Å².